The zero-order valence-electron chi connectivity index (χ0n) is 9.70. The quantitative estimate of drug-likeness (QED) is 0.791. The third-order valence-electron chi connectivity index (χ3n) is 2.99. The summed E-state index contributed by atoms with van der Waals surface area (Å²) in [4.78, 5) is 4.07. The SMILES string of the molecule is COc1cc(NCCC2CCNC2)ccn1. The van der Waals surface area contributed by atoms with Gasteiger partial charge in [-0.15, -0.1) is 0 Å². The third kappa shape index (κ3) is 3.10. The first-order chi connectivity index (χ1) is 7.88. The molecule has 2 heterocycles. The minimum Gasteiger partial charge on any atom is -0.481 e. The average Bonchev–Trinajstić information content (AvgIpc) is 2.82. The molecule has 0 spiro atoms. The highest BCUT2D eigenvalue weighted by Crippen LogP contribution is 2.15. The summed E-state index contributed by atoms with van der Waals surface area (Å²) in [5, 5.41) is 6.78. The molecule has 1 aliphatic rings. The van der Waals surface area contributed by atoms with Crippen LogP contribution in [0.4, 0.5) is 5.69 Å². The van der Waals surface area contributed by atoms with Crippen LogP contribution in [-0.2, 0) is 0 Å². The Hall–Kier alpha value is -1.29. The summed E-state index contributed by atoms with van der Waals surface area (Å²) in [6.07, 6.45) is 4.29. The van der Waals surface area contributed by atoms with Crippen LogP contribution in [0.1, 0.15) is 12.8 Å². The number of nitrogens with zero attached hydrogens (tertiary/aromatic N) is 1. The molecule has 16 heavy (non-hydrogen) atoms. The molecule has 0 aromatic carbocycles. The van der Waals surface area contributed by atoms with E-state index >= 15 is 0 Å². The molecule has 4 heteroatoms. The smallest absolute Gasteiger partial charge is 0.214 e. The van der Waals surface area contributed by atoms with Crippen LogP contribution in [0.5, 0.6) is 5.88 Å². The summed E-state index contributed by atoms with van der Waals surface area (Å²) in [7, 11) is 1.64. The van der Waals surface area contributed by atoms with Crippen LogP contribution >= 0.6 is 0 Å². The number of pyridine rings is 1. The van der Waals surface area contributed by atoms with Crippen LogP contribution in [-0.4, -0.2) is 31.7 Å². The first-order valence-corrected chi connectivity index (χ1v) is 5.83. The van der Waals surface area contributed by atoms with Gasteiger partial charge >= 0.3 is 0 Å². The van der Waals surface area contributed by atoms with Crippen LogP contribution in [0, 0.1) is 5.92 Å². The highest BCUT2D eigenvalue weighted by molar-refractivity contribution is 5.44. The number of methoxy groups -OCH3 is 1. The maximum Gasteiger partial charge on any atom is 0.214 e. The monoisotopic (exact) mass is 221 g/mol. The normalized spacial score (nSPS) is 19.7. The Morgan fingerprint density at radius 2 is 2.56 bits per heavy atom. The van der Waals surface area contributed by atoms with Crippen molar-refractivity contribution in [2.45, 2.75) is 12.8 Å². The van der Waals surface area contributed by atoms with Gasteiger partial charge in [0.15, 0.2) is 0 Å². The van der Waals surface area contributed by atoms with Crippen molar-refractivity contribution >= 4 is 5.69 Å². The van der Waals surface area contributed by atoms with E-state index in [-0.39, 0.29) is 0 Å². The second-order valence-electron chi connectivity index (χ2n) is 4.16. The fraction of sp³-hybridized carbons (Fsp3) is 0.583. The summed E-state index contributed by atoms with van der Waals surface area (Å²) in [5.74, 6) is 1.49. The van der Waals surface area contributed by atoms with Gasteiger partial charge < -0.3 is 15.4 Å². The van der Waals surface area contributed by atoms with Gasteiger partial charge in [-0.2, -0.15) is 0 Å². The van der Waals surface area contributed by atoms with E-state index in [0.717, 1.165) is 18.2 Å². The Morgan fingerprint density at radius 3 is 3.31 bits per heavy atom. The highest BCUT2D eigenvalue weighted by atomic mass is 16.5. The molecule has 4 nitrogen and oxygen atoms in total. The summed E-state index contributed by atoms with van der Waals surface area (Å²) in [5.41, 5.74) is 1.08. The molecule has 0 aliphatic carbocycles. The highest BCUT2D eigenvalue weighted by Gasteiger charge is 2.13. The molecule has 0 radical (unpaired) electrons. The molecular weight excluding hydrogens is 202 g/mol. The van der Waals surface area contributed by atoms with Crippen LogP contribution in [0.2, 0.25) is 0 Å². The molecule has 0 amide bonds. The predicted octanol–water partition coefficient (Wildman–Crippen LogP) is 1.50. The molecule has 1 saturated heterocycles. The molecule has 1 unspecified atom stereocenters. The standard InChI is InChI=1S/C12H19N3O/c1-16-12-8-11(4-7-15-12)14-6-3-10-2-5-13-9-10/h4,7-8,10,13H,2-3,5-6,9H2,1H3,(H,14,15). The molecule has 2 N–H and O–H groups in total. The van der Waals surface area contributed by atoms with E-state index in [2.05, 4.69) is 15.6 Å². The lowest BCUT2D eigenvalue weighted by Crippen LogP contribution is -2.12. The van der Waals surface area contributed by atoms with Gasteiger partial charge in [-0.05, 0) is 37.9 Å². The minimum atomic E-state index is 0.660. The van der Waals surface area contributed by atoms with E-state index in [1.807, 2.05) is 12.1 Å². The number of ether oxygens (including phenoxy) is 1. The number of hydrogen-bond donors (Lipinski definition) is 2. The number of nitrogens with one attached hydrogen (secondary N) is 2. The van der Waals surface area contributed by atoms with Crippen molar-refractivity contribution in [3.8, 4) is 5.88 Å². The van der Waals surface area contributed by atoms with Gasteiger partial charge in [-0.25, -0.2) is 4.98 Å². The fourth-order valence-corrected chi connectivity index (χ4v) is 2.01. The van der Waals surface area contributed by atoms with Gasteiger partial charge in [0.1, 0.15) is 0 Å². The van der Waals surface area contributed by atoms with E-state index in [9.17, 15) is 0 Å². The van der Waals surface area contributed by atoms with Gasteiger partial charge in [0.25, 0.3) is 0 Å². The van der Waals surface area contributed by atoms with Crippen LogP contribution in [0.25, 0.3) is 0 Å². The van der Waals surface area contributed by atoms with Gasteiger partial charge in [-0.1, -0.05) is 0 Å². The molecule has 1 fully saturated rings. The lowest BCUT2D eigenvalue weighted by Gasteiger charge is -2.10. The summed E-state index contributed by atoms with van der Waals surface area (Å²) in [6.45, 7) is 3.36. The Bertz CT molecular complexity index is 324. The molecule has 1 atom stereocenters. The van der Waals surface area contributed by atoms with Crippen molar-refractivity contribution in [2.24, 2.45) is 5.92 Å². The van der Waals surface area contributed by atoms with Crippen molar-refractivity contribution in [1.29, 1.82) is 0 Å². The molecule has 0 bridgehead atoms. The second kappa shape index (κ2) is 5.70. The Kier molecular flexibility index (Phi) is 3.99. The second-order valence-corrected chi connectivity index (χ2v) is 4.16. The minimum absolute atomic E-state index is 0.660. The Balaban J connectivity index is 1.75. The molecule has 88 valence electrons. The zero-order valence-corrected chi connectivity index (χ0v) is 9.70. The maximum absolute atomic E-state index is 5.07. The lowest BCUT2D eigenvalue weighted by atomic mass is 10.1. The Morgan fingerprint density at radius 1 is 1.62 bits per heavy atom. The van der Waals surface area contributed by atoms with Crippen molar-refractivity contribution in [3.05, 3.63) is 18.3 Å². The van der Waals surface area contributed by atoms with Gasteiger partial charge in [0.05, 0.1) is 7.11 Å². The first kappa shape index (κ1) is 11.2. The lowest BCUT2D eigenvalue weighted by molar-refractivity contribution is 0.398. The fourth-order valence-electron chi connectivity index (χ4n) is 2.01. The van der Waals surface area contributed by atoms with Crippen molar-refractivity contribution < 1.29 is 4.74 Å². The van der Waals surface area contributed by atoms with Gasteiger partial charge in [-0.3, -0.25) is 0 Å². The van der Waals surface area contributed by atoms with Crippen molar-refractivity contribution in [3.63, 3.8) is 0 Å². The van der Waals surface area contributed by atoms with Crippen molar-refractivity contribution in [2.75, 3.05) is 32.1 Å². The first-order valence-electron chi connectivity index (χ1n) is 5.83. The van der Waals surface area contributed by atoms with Gasteiger partial charge in [0, 0.05) is 24.5 Å². The molecule has 1 aromatic heterocycles. The summed E-state index contributed by atoms with van der Waals surface area (Å²) >= 11 is 0. The predicted molar refractivity (Wildman–Crippen MR) is 64.9 cm³/mol. The molecule has 1 aromatic rings. The third-order valence-corrected chi connectivity index (χ3v) is 2.99. The van der Waals surface area contributed by atoms with Crippen LogP contribution < -0.4 is 15.4 Å². The summed E-state index contributed by atoms with van der Waals surface area (Å²) < 4.78 is 5.07. The number of hydrogen-bond acceptors (Lipinski definition) is 4. The molecule has 2 rings (SSSR count). The summed E-state index contributed by atoms with van der Waals surface area (Å²) in [6, 6.07) is 3.89. The topological polar surface area (TPSA) is 46.2 Å². The van der Waals surface area contributed by atoms with Crippen molar-refractivity contribution in [1.82, 2.24) is 10.3 Å². The average molecular weight is 221 g/mol. The zero-order chi connectivity index (χ0) is 11.2. The molecule has 1 aliphatic heterocycles. The van der Waals surface area contributed by atoms with E-state index in [0.29, 0.717) is 5.88 Å². The van der Waals surface area contributed by atoms with Gasteiger partial charge in [0.2, 0.25) is 5.88 Å². The molecule has 0 saturated carbocycles. The largest absolute Gasteiger partial charge is 0.481 e. The van der Waals surface area contributed by atoms with E-state index in [1.165, 1.54) is 25.9 Å². The van der Waals surface area contributed by atoms with Crippen LogP contribution in [0.15, 0.2) is 18.3 Å². The number of anilines is 1. The van der Waals surface area contributed by atoms with E-state index in [1.54, 1.807) is 13.3 Å². The molecular formula is C12H19N3O. The Labute approximate surface area is 96.4 Å². The number of aromatic nitrogens is 1. The van der Waals surface area contributed by atoms with Crippen LogP contribution in [0.3, 0.4) is 0 Å². The van der Waals surface area contributed by atoms with E-state index < -0.39 is 0 Å². The maximum atomic E-state index is 5.07. The number of rotatable bonds is 5. The van der Waals surface area contributed by atoms with E-state index in [4.69, 9.17) is 4.74 Å².